The van der Waals surface area contributed by atoms with Gasteiger partial charge in [-0.1, -0.05) is 0 Å². The van der Waals surface area contributed by atoms with Crippen LogP contribution in [0.25, 0.3) is 0 Å². The molecule has 21 heavy (non-hydrogen) atoms. The second kappa shape index (κ2) is 6.85. The van der Waals surface area contributed by atoms with Crippen molar-refractivity contribution in [3.05, 3.63) is 52.8 Å². The highest BCUT2D eigenvalue weighted by Crippen LogP contribution is 2.18. The summed E-state index contributed by atoms with van der Waals surface area (Å²) in [5.74, 6) is -0.159. The van der Waals surface area contributed by atoms with Crippen molar-refractivity contribution in [3.8, 4) is 5.75 Å². The van der Waals surface area contributed by atoms with E-state index in [1.807, 2.05) is 0 Å². The second-order valence-electron chi connectivity index (χ2n) is 3.92. The molecule has 0 unspecified atom stereocenters. The minimum absolute atomic E-state index is 0.334. The normalized spacial score (nSPS) is 9.81. The summed E-state index contributed by atoms with van der Waals surface area (Å²) in [5, 5.41) is 2.49. The molecule has 1 aromatic carbocycles. The molecule has 6 nitrogen and oxygen atoms in total. The molecule has 2 aromatic rings. The van der Waals surface area contributed by atoms with E-state index in [-0.39, 0.29) is 0 Å². The monoisotopic (exact) mass is 350 g/mol. The molecule has 0 aliphatic rings. The van der Waals surface area contributed by atoms with Gasteiger partial charge in [0, 0.05) is 22.6 Å². The number of nitrogens with zero attached hydrogens (tertiary/aromatic N) is 1. The molecule has 1 amide bonds. The molecule has 0 saturated heterocycles. The Hall–Kier alpha value is -2.41. The second-order valence-corrected chi connectivity index (χ2v) is 4.84. The maximum atomic E-state index is 11.9. The first-order valence-corrected chi connectivity index (χ1v) is 6.65. The van der Waals surface area contributed by atoms with Gasteiger partial charge in [0.05, 0.1) is 12.7 Å². The summed E-state index contributed by atoms with van der Waals surface area (Å²) < 4.78 is 10.4. The molecular weight excluding hydrogens is 340 g/mol. The van der Waals surface area contributed by atoms with Crippen molar-refractivity contribution >= 4 is 33.7 Å². The number of pyridine rings is 1. The molecule has 7 heteroatoms. The molecule has 0 spiro atoms. The van der Waals surface area contributed by atoms with E-state index in [1.54, 1.807) is 36.5 Å². The average Bonchev–Trinajstić information content (AvgIpc) is 2.49. The molecular formula is C14H11BrN2O4. The summed E-state index contributed by atoms with van der Waals surface area (Å²) in [6.07, 6.45) is 2.42. The van der Waals surface area contributed by atoms with Crippen molar-refractivity contribution in [2.75, 3.05) is 12.4 Å². The van der Waals surface area contributed by atoms with E-state index in [2.05, 4.69) is 31.0 Å². The number of benzene rings is 1. The fourth-order valence-electron chi connectivity index (χ4n) is 1.46. The van der Waals surface area contributed by atoms with Crippen molar-refractivity contribution in [1.29, 1.82) is 0 Å². The van der Waals surface area contributed by atoms with Gasteiger partial charge in [-0.25, -0.2) is 9.59 Å². The van der Waals surface area contributed by atoms with Gasteiger partial charge in [0.1, 0.15) is 5.75 Å². The van der Waals surface area contributed by atoms with Crippen molar-refractivity contribution < 1.29 is 19.1 Å². The summed E-state index contributed by atoms with van der Waals surface area (Å²) >= 11 is 3.23. The van der Waals surface area contributed by atoms with Crippen LogP contribution in [0.1, 0.15) is 10.4 Å². The zero-order chi connectivity index (χ0) is 15.2. The van der Waals surface area contributed by atoms with E-state index in [9.17, 15) is 9.59 Å². The molecule has 1 N–H and O–H groups in total. The molecule has 0 atom stereocenters. The number of amides is 1. The van der Waals surface area contributed by atoms with E-state index in [1.165, 1.54) is 13.3 Å². The summed E-state index contributed by atoms with van der Waals surface area (Å²) in [5.41, 5.74) is 0.868. The summed E-state index contributed by atoms with van der Waals surface area (Å²) in [6.45, 7) is 0. The Morgan fingerprint density at radius 3 is 2.52 bits per heavy atom. The standard InChI is InChI=1S/C14H11BrN2O4/c1-20-14(19)17-11-2-4-12(5-3-11)21-13(18)9-6-10(15)8-16-7-9/h2-8H,1H3,(H,17,19). The Morgan fingerprint density at radius 2 is 1.90 bits per heavy atom. The smallest absolute Gasteiger partial charge is 0.411 e. The van der Waals surface area contributed by atoms with Crippen molar-refractivity contribution in [3.63, 3.8) is 0 Å². The lowest BCUT2D eigenvalue weighted by molar-refractivity contribution is 0.0734. The molecule has 1 heterocycles. The van der Waals surface area contributed by atoms with E-state index in [4.69, 9.17) is 4.74 Å². The number of ether oxygens (including phenoxy) is 2. The molecule has 1 aromatic heterocycles. The Morgan fingerprint density at radius 1 is 1.19 bits per heavy atom. The van der Waals surface area contributed by atoms with Crippen molar-refractivity contribution in [1.82, 2.24) is 4.98 Å². The van der Waals surface area contributed by atoms with Crippen molar-refractivity contribution in [2.24, 2.45) is 0 Å². The Bertz CT molecular complexity index is 658. The van der Waals surface area contributed by atoms with Crippen LogP contribution in [0.4, 0.5) is 10.5 Å². The number of carbonyl (C=O) groups is 2. The number of halogens is 1. The third-order valence-electron chi connectivity index (χ3n) is 2.44. The average molecular weight is 351 g/mol. The molecule has 0 aliphatic heterocycles. The Kier molecular flexibility index (Phi) is 4.89. The Labute approximate surface area is 129 Å². The summed E-state index contributed by atoms with van der Waals surface area (Å²) in [6, 6.07) is 7.93. The SMILES string of the molecule is COC(=O)Nc1ccc(OC(=O)c2cncc(Br)c2)cc1. The number of esters is 1. The third kappa shape index (κ3) is 4.28. The topological polar surface area (TPSA) is 77.5 Å². The fourth-order valence-corrected chi connectivity index (χ4v) is 1.83. The molecule has 0 bridgehead atoms. The number of carbonyl (C=O) groups excluding carboxylic acids is 2. The van der Waals surface area contributed by atoms with E-state index in [0.717, 1.165) is 0 Å². The molecule has 0 saturated carbocycles. The van der Waals surface area contributed by atoms with Gasteiger partial charge >= 0.3 is 12.1 Å². The number of aromatic nitrogens is 1. The highest BCUT2D eigenvalue weighted by molar-refractivity contribution is 9.10. The minimum atomic E-state index is -0.569. The maximum absolute atomic E-state index is 11.9. The van der Waals surface area contributed by atoms with Gasteiger partial charge in [0.15, 0.2) is 0 Å². The van der Waals surface area contributed by atoms with Crippen molar-refractivity contribution in [2.45, 2.75) is 0 Å². The van der Waals surface area contributed by atoms with Crippen LogP contribution in [0.5, 0.6) is 5.75 Å². The number of hydrogen-bond donors (Lipinski definition) is 1. The summed E-state index contributed by atoms with van der Waals surface area (Å²) in [4.78, 5) is 26.8. The minimum Gasteiger partial charge on any atom is -0.453 e. The third-order valence-corrected chi connectivity index (χ3v) is 2.87. The zero-order valence-corrected chi connectivity index (χ0v) is 12.6. The van der Waals surface area contributed by atoms with E-state index >= 15 is 0 Å². The van der Waals surface area contributed by atoms with Crippen LogP contribution in [-0.2, 0) is 4.74 Å². The van der Waals surface area contributed by atoms with Crippen LogP contribution in [0, 0.1) is 0 Å². The lowest BCUT2D eigenvalue weighted by Crippen LogP contribution is -2.11. The highest BCUT2D eigenvalue weighted by Gasteiger charge is 2.09. The first-order chi connectivity index (χ1) is 10.1. The molecule has 0 radical (unpaired) electrons. The highest BCUT2D eigenvalue weighted by atomic mass is 79.9. The van der Waals surface area contributed by atoms with Gasteiger partial charge in [0.25, 0.3) is 0 Å². The summed E-state index contributed by atoms with van der Waals surface area (Å²) in [7, 11) is 1.28. The predicted octanol–water partition coefficient (Wildman–Crippen LogP) is 3.24. The van der Waals surface area contributed by atoms with Gasteiger partial charge in [0.2, 0.25) is 0 Å². The number of rotatable bonds is 3. The number of hydrogen-bond acceptors (Lipinski definition) is 5. The number of methoxy groups -OCH3 is 1. The molecule has 2 rings (SSSR count). The van der Waals surface area contributed by atoms with Gasteiger partial charge in [-0.15, -0.1) is 0 Å². The van der Waals surface area contributed by atoms with Crippen LogP contribution >= 0.6 is 15.9 Å². The quantitative estimate of drug-likeness (QED) is 0.679. The number of nitrogens with one attached hydrogen (secondary N) is 1. The molecule has 108 valence electrons. The van der Waals surface area contributed by atoms with Crippen LogP contribution in [0.15, 0.2) is 47.2 Å². The van der Waals surface area contributed by atoms with Gasteiger partial charge < -0.3 is 9.47 Å². The zero-order valence-electron chi connectivity index (χ0n) is 11.0. The number of anilines is 1. The van der Waals surface area contributed by atoms with Gasteiger partial charge in [-0.3, -0.25) is 10.3 Å². The van der Waals surface area contributed by atoms with Crippen LogP contribution in [0.2, 0.25) is 0 Å². The van der Waals surface area contributed by atoms with Crippen LogP contribution in [-0.4, -0.2) is 24.2 Å². The Balaban J connectivity index is 2.03. The fraction of sp³-hybridized carbons (Fsp3) is 0.0714. The van der Waals surface area contributed by atoms with Crippen LogP contribution < -0.4 is 10.1 Å². The first-order valence-electron chi connectivity index (χ1n) is 5.86. The van der Waals surface area contributed by atoms with Crippen LogP contribution in [0.3, 0.4) is 0 Å². The largest absolute Gasteiger partial charge is 0.453 e. The lowest BCUT2D eigenvalue weighted by atomic mass is 10.3. The molecule has 0 aliphatic carbocycles. The van der Waals surface area contributed by atoms with Gasteiger partial charge in [-0.05, 0) is 46.3 Å². The maximum Gasteiger partial charge on any atom is 0.411 e. The van der Waals surface area contributed by atoms with E-state index < -0.39 is 12.1 Å². The predicted molar refractivity (Wildman–Crippen MR) is 79.4 cm³/mol. The van der Waals surface area contributed by atoms with Gasteiger partial charge in [-0.2, -0.15) is 0 Å². The lowest BCUT2D eigenvalue weighted by Gasteiger charge is -2.06. The molecule has 0 fully saturated rings. The first kappa shape index (κ1) is 15.0. The van der Waals surface area contributed by atoms with E-state index in [0.29, 0.717) is 21.5 Å².